The Labute approximate surface area is 214 Å². The molecule has 3 aromatic carbocycles. The molecule has 37 heavy (non-hydrogen) atoms. The van der Waals surface area contributed by atoms with Crippen molar-refractivity contribution in [3.8, 4) is 0 Å². The van der Waals surface area contributed by atoms with E-state index in [0.717, 1.165) is 0 Å². The number of carbonyl (C=O) groups is 1. The number of ketones is 1. The second kappa shape index (κ2) is 9.25. The fraction of sp³-hybridized carbons (Fsp3) is 0.296. The molecule has 5 rings (SSSR count). The summed E-state index contributed by atoms with van der Waals surface area (Å²) in [5, 5.41) is -5.53. The molecule has 0 spiro atoms. The average molecular weight is 553 g/mol. The highest BCUT2D eigenvalue weighted by Crippen LogP contribution is 2.71. The minimum absolute atomic E-state index is 0.0727. The lowest BCUT2D eigenvalue weighted by atomic mass is 9.83. The highest BCUT2D eigenvalue weighted by molar-refractivity contribution is 8.33. The zero-order valence-electron chi connectivity index (χ0n) is 19.5. The van der Waals surface area contributed by atoms with Crippen molar-refractivity contribution < 1.29 is 34.4 Å². The summed E-state index contributed by atoms with van der Waals surface area (Å²) in [6.07, 6.45) is -0.631. The third-order valence-corrected chi connectivity index (χ3v) is 12.4. The lowest BCUT2D eigenvalue weighted by Gasteiger charge is -2.41. The summed E-state index contributed by atoms with van der Waals surface area (Å²) in [4.78, 5) is 12.6. The predicted octanol–water partition coefficient (Wildman–Crippen LogP) is 7.07. The molecule has 4 nitrogen and oxygen atoms in total. The maximum Gasteiger partial charge on any atom is 0.432 e. The Bertz CT molecular complexity index is 1290. The fourth-order valence-electron chi connectivity index (χ4n) is 5.40. The number of hydrogen-bond donors (Lipinski definition) is 0. The maximum atomic E-state index is 15.6. The van der Waals surface area contributed by atoms with Crippen LogP contribution in [0.5, 0.6) is 0 Å². The standard InChI is InChI=1S/C27H24F4O4S2/c28-26(29,24-17-20-16-19(24)18-25(20)32)27(30,31)37(33,34)35-36(21-10-4-1-5-11-21,22-12-6-2-7-13-22)23-14-8-3-9-15-23/h1-15,19-20,24H,16-18H2. The van der Waals surface area contributed by atoms with E-state index in [1.54, 1.807) is 54.6 Å². The van der Waals surface area contributed by atoms with Gasteiger partial charge in [0.2, 0.25) is 0 Å². The largest absolute Gasteiger partial charge is 0.432 e. The van der Waals surface area contributed by atoms with Crippen molar-refractivity contribution in [3.63, 3.8) is 0 Å². The summed E-state index contributed by atoms with van der Waals surface area (Å²) < 4.78 is 94.3. The van der Waals surface area contributed by atoms with E-state index >= 15 is 17.6 Å². The van der Waals surface area contributed by atoms with Gasteiger partial charge in [0, 0.05) is 32.9 Å². The SMILES string of the molecule is O=C1CC2CC1CC2C(F)(F)C(F)(F)S(=O)(=O)OS(c1ccccc1)(c1ccccc1)c1ccccc1. The molecule has 10 heteroatoms. The molecule has 3 aromatic rings. The molecule has 2 saturated carbocycles. The number of rotatable bonds is 8. The predicted molar refractivity (Wildman–Crippen MR) is 131 cm³/mol. The van der Waals surface area contributed by atoms with E-state index in [2.05, 4.69) is 0 Å². The summed E-state index contributed by atoms with van der Waals surface area (Å²) in [7, 11) is -9.65. The van der Waals surface area contributed by atoms with Gasteiger partial charge in [-0.1, -0.05) is 54.6 Å². The average Bonchev–Trinajstić information content (AvgIpc) is 3.49. The van der Waals surface area contributed by atoms with Gasteiger partial charge in [-0.25, -0.2) is 3.63 Å². The highest BCUT2D eigenvalue weighted by Gasteiger charge is 2.73. The molecule has 3 unspecified atom stereocenters. The molecule has 0 heterocycles. The molecule has 0 radical (unpaired) electrons. The number of carbonyl (C=O) groups excluding carboxylic acids is 1. The van der Waals surface area contributed by atoms with Gasteiger partial charge in [-0.05, 0) is 65.5 Å². The van der Waals surface area contributed by atoms with Gasteiger partial charge in [0.1, 0.15) is 5.78 Å². The zero-order valence-corrected chi connectivity index (χ0v) is 21.1. The second-order valence-electron chi connectivity index (χ2n) is 9.36. The van der Waals surface area contributed by atoms with Crippen LogP contribution in [0.4, 0.5) is 17.6 Å². The number of alkyl halides is 4. The zero-order chi connectivity index (χ0) is 26.5. The van der Waals surface area contributed by atoms with Crippen LogP contribution in [0.1, 0.15) is 19.3 Å². The fourth-order valence-corrected chi connectivity index (χ4v) is 10.7. The number of hydrogen-bond acceptors (Lipinski definition) is 4. The van der Waals surface area contributed by atoms with Crippen molar-refractivity contribution in [2.24, 2.45) is 17.8 Å². The van der Waals surface area contributed by atoms with Crippen LogP contribution in [0.25, 0.3) is 0 Å². The van der Waals surface area contributed by atoms with Crippen LogP contribution in [-0.2, 0) is 18.5 Å². The molecule has 0 aromatic heterocycles. The van der Waals surface area contributed by atoms with Crippen LogP contribution in [0.15, 0.2) is 106 Å². The van der Waals surface area contributed by atoms with Crippen molar-refractivity contribution in [1.29, 1.82) is 0 Å². The van der Waals surface area contributed by atoms with Gasteiger partial charge < -0.3 is 0 Å². The molecule has 0 N–H and O–H groups in total. The third-order valence-electron chi connectivity index (χ3n) is 7.20. The summed E-state index contributed by atoms with van der Waals surface area (Å²) in [5.41, 5.74) is 0. The Hall–Kier alpha value is -2.69. The quantitative estimate of drug-likeness (QED) is 0.281. The van der Waals surface area contributed by atoms with Gasteiger partial charge in [-0.15, -0.1) is 0 Å². The van der Waals surface area contributed by atoms with E-state index in [1.807, 2.05) is 0 Å². The lowest BCUT2D eigenvalue weighted by molar-refractivity contribution is -0.201. The van der Waals surface area contributed by atoms with Crippen LogP contribution in [0.2, 0.25) is 0 Å². The van der Waals surface area contributed by atoms with Crippen LogP contribution in [-0.4, -0.2) is 25.4 Å². The van der Waals surface area contributed by atoms with Crippen LogP contribution < -0.4 is 0 Å². The lowest BCUT2D eigenvalue weighted by Crippen LogP contribution is -2.53. The van der Waals surface area contributed by atoms with E-state index < -0.39 is 55.8 Å². The number of benzene rings is 3. The van der Waals surface area contributed by atoms with Gasteiger partial charge in [-0.2, -0.15) is 26.0 Å². The molecule has 2 aliphatic carbocycles. The molecule has 2 bridgehead atoms. The van der Waals surface area contributed by atoms with Gasteiger partial charge in [-0.3, -0.25) is 4.79 Å². The third kappa shape index (κ3) is 4.09. The summed E-state index contributed by atoms with van der Waals surface area (Å²) in [6.45, 7) is 0. The van der Waals surface area contributed by atoms with E-state index in [4.69, 9.17) is 3.63 Å². The van der Waals surface area contributed by atoms with Gasteiger partial charge in [0.15, 0.2) is 0 Å². The molecule has 0 aliphatic heterocycles. The van der Waals surface area contributed by atoms with E-state index in [-0.39, 0.29) is 33.3 Å². The van der Waals surface area contributed by atoms with E-state index in [1.165, 1.54) is 36.4 Å². The van der Waals surface area contributed by atoms with Gasteiger partial charge in [0.25, 0.3) is 0 Å². The number of halogens is 4. The molecule has 0 saturated heterocycles. The van der Waals surface area contributed by atoms with E-state index in [0.29, 0.717) is 0 Å². The molecular formula is C27H24F4O4S2. The Balaban J connectivity index is 1.65. The Morgan fingerprint density at radius 3 is 1.49 bits per heavy atom. The molecule has 2 aliphatic rings. The first-order valence-electron chi connectivity index (χ1n) is 11.7. The normalized spacial score (nSPS) is 22.8. The van der Waals surface area contributed by atoms with Gasteiger partial charge in [0.05, 0.1) is 0 Å². The molecule has 196 valence electrons. The maximum absolute atomic E-state index is 15.6. The Morgan fingerprint density at radius 2 is 1.14 bits per heavy atom. The summed E-state index contributed by atoms with van der Waals surface area (Å²) in [5.74, 6) is -8.81. The Morgan fingerprint density at radius 1 is 0.703 bits per heavy atom. The van der Waals surface area contributed by atoms with Crippen molar-refractivity contribution in [1.82, 2.24) is 0 Å². The van der Waals surface area contributed by atoms with Crippen molar-refractivity contribution >= 4 is 26.2 Å². The van der Waals surface area contributed by atoms with Crippen molar-refractivity contribution in [2.75, 3.05) is 0 Å². The summed E-state index contributed by atoms with van der Waals surface area (Å²) >= 11 is 0. The molecular weight excluding hydrogens is 528 g/mol. The summed E-state index contributed by atoms with van der Waals surface area (Å²) in [6, 6.07) is 23.7. The van der Waals surface area contributed by atoms with Crippen molar-refractivity contribution in [3.05, 3.63) is 91.0 Å². The van der Waals surface area contributed by atoms with E-state index in [9.17, 15) is 13.2 Å². The topological polar surface area (TPSA) is 60.4 Å². The molecule has 2 fully saturated rings. The minimum atomic E-state index is -6.22. The monoisotopic (exact) mass is 552 g/mol. The minimum Gasteiger partial charge on any atom is -0.299 e. The first-order valence-corrected chi connectivity index (χ1v) is 14.7. The van der Waals surface area contributed by atoms with Crippen molar-refractivity contribution in [2.45, 2.75) is 45.1 Å². The van der Waals surface area contributed by atoms with Crippen LogP contribution >= 0.6 is 10.3 Å². The van der Waals surface area contributed by atoms with Gasteiger partial charge >= 0.3 is 21.3 Å². The first-order chi connectivity index (χ1) is 17.5. The highest BCUT2D eigenvalue weighted by atomic mass is 32.3. The second-order valence-corrected chi connectivity index (χ2v) is 13.9. The molecule has 0 amide bonds. The van der Waals surface area contributed by atoms with Crippen LogP contribution in [0.3, 0.4) is 0 Å². The number of Topliss-reactive ketones (excluding diaryl/α,β-unsaturated/α-hetero) is 1. The molecule has 3 atom stereocenters. The van der Waals surface area contributed by atoms with Crippen LogP contribution in [0, 0.1) is 17.8 Å². The number of fused-ring (bicyclic) bond motifs is 2. The Kier molecular flexibility index (Phi) is 6.49. The first kappa shape index (κ1) is 25.9. The smallest absolute Gasteiger partial charge is 0.299 e.